The number of nitrogen functional groups attached to an aromatic ring is 1. The topological polar surface area (TPSA) is 43.8 Å². The molecule has 1 aromatic heterocycles. The molecule has 0 amide bonds. The van der Waals surface area contributed by atoms with Gasteiger partial charge in [0, 0.05) is 22.9 Å². The summed E-state index contributed by atoms with van der Waals surface area (Å²) in [6.45, 7) is 4.45. The number of anilines is 1. The number of hydrogen-bond acceptors (Lipinski definition) is 3. The summed E-state index contributed by atoms with van der Waals surface area (Å²) < 4.78 is 2.48. The predicted molar refractivity (Wildman–Crippen MR) is 88.4 cm³/mol. The zero-order valence-corrected chi connectivity index (χ0v) is 13.3. The second kappa shape index (κ2) is 5.32. The van der Waals surface area contributed by atoms with Crippen LogP contribution >= 0.6 is 11.8 Å². The van der Waals surface area contributed by atoms with Gasteiger partial charge in [-0.1, -0.05) is 13.8 Å². The van der Waals surface area contributed by atoms with Crippen molar-refractivity contribution in [3.05, 3.63) is 24.0 Å². The van der Waals surface area contributed by atoms with Crippen LogP contribution in [0.4, 0.5) is 5.69 Å². The third-order valence-electron chi connectivity index (χ3n) is 4.31. The molecule has 2 aromatic rings. The minimum absolute atomic E-state index is 0.442. The summed E-state index contributed by atoms with van der Waals surface area (Å²) in [5, 5.41) is 0.797. The smallest absolute Gasteiger partial charge is 0.112 e. The fraction of sp³-hybridized carbons (Fsp3) is 0.562. The number of aromatic nitrogens is 2. The standard InChI is InChI=1S/C16H23N3S/c1-10(2)16-18-14-8-11(17)4-7-15(14)19(16)12-5-6-13(9-12)20-3/h4,7-8,10,12-13H,5-6,9,17H2,1-3H3. The molecule has 0 radical (unpaired) electrons. The van der Waals surface area contributed by atoms with Gasteiger partial charge in [0.05, 0.1) is 11.0 Å². The Morgan fingerprint density at radius 1 is 1.35 bits per heavy atom. The van der Waals surface area contributed by atoms with Gasteiger partial charge in [-0.3, -0.25) is 0 Å². The van der Waals surface area contributed by atoms with Crippen LogP contribution in [0.15, 0.2) is 18.2 Å². The number of thioether (sulfide) groups is 1. The van der Waals surface area contributed by atoms with Crippen LogP contribution in [0, 0.1) is 0 Å². The van der Waals surface area contributed by atoms with Gasteiger partial charge >= 0.3 is 0 Å². The normalized spacial score (nSPS) is 23.0. The lowest BCUT2D eigenvalue weighted by molar-refractivity contribution is 0.500. The zero-order chi connectivity index (χ0) is 14.3. The monoisotopic (exact) mass is 289 g/mol. The molecule has 2 unspecified atom stereocenters. The van der Waals surface area contributed by atoms with Crippen LogP contribution in [0.3, 0.4) is 0 Å². The molecule has 108 valence electrons. The first-order chi connectivity index (χ1) is 9.60. The lowest BCUT2D eigenvalue weighted by atomic mass is 10.1. The summed E-state index contributed by atoms with van der Waals surface area (Å²) >= 11 is 2.00. The number of nitrogens with zero attached hydrogens (tertiary/aromatic N) is 2. The molecule has 3 nitrogen and oxygen atoms in total. The van der Waals surface area contributed by atoms with Gasteiger partial charge < -0.3 is 10.3 Å². The van der Waals surface area contributed by atoms with Crippen molar-refractivity contribution < 1.29 is 0 Å². The van der Waals surface area contributed by atoms with E-state index in [1.165, 1.54) is 30.6 Å². The highest BCUT2D eigenvalue weighted by Crippen LogP contribution is 2.39. The van der Waals surface area contributed by atoms with Crippen molar-refractivity contribution in [1.29, 1.82) is 0 Å². The molecule has 1 aromatic carbocycles. The molecule has 0 aliphatic heterocycles. The Morgan fingerprint density at radius 2 is 2.15 bits per heavy atom. The SMILES string of the molecule is CSC1CCC(n2c(C(C)C)nc3cc(N)ccc32)C1. The van der Waals surface area contributed by atoms with Gasteiger partial charge in [0.1, 0.15) is 5.82 Å². The number of imidazole rings is 1. The Bertz CT molecular complexity index is 617. The lowest BCUT2D eigenvalue weighted by Gasteiger charge is -2.18. The molecule has 1 fully saturated rings. The average molecular weight is 289 g/mol. The third-order valence-corrected chi connectivity index (χ3v) is 5.41. The molecule has 1 saturated carbocycles. The molecule has 2 N–H and O–H groups in total. The molecule has 0 bridgehead atoms. The predicted octanol–water partition coefficient (Wildman–Crippen LogP) is 4.20. The Labute approximate surface area is 124 Å². The minimum atomic E-state index is 0.442. The first kappa shape index (κ1) is 13.8. The Balaban J connectivity index is 2.10. The van der Waals surface area contributed by atoms with Crippen molar-refractivity contribution in [2.24, 2.45) is 0 Å². The van der Waals surface area contributed by atoms with E-state index in [4.69, 9.17) is 10.7 Å². The van der Waals surface area contributed by atoms with Gasteiger partial charge in [-0.15, -0.1) is 0 Å². The molecule has 1 aliphatic rings. The maximum absolute atomic E-state index is 5.90. The van der Waals surface area contributed by atoms with E-state index in [1.807, 2.05) is 23.9 Å². The average Bonchev–Trinajstić information content (AvgIpc) is 3.00. The molecule has 1 aliphatic carbocycles. The van der Waals surface area contributed by atoms with Crippen LogP contribution in [0.1, 0.15) is 50.9 Å². The van der Waals surface area contributed by atoms with Gasteiger partial charge in [-0.05, 0) is 43.7 Å². The maximum atomic E-state index is 5.90. The number of hydrogen-bond donors (Lipinski definition) is 1. The lowest BCUT2D eigenvalue weighted by Crippen LogP contribution is -2.11. The van der Waals surface area contributed by atoms with Crippen molar-refractivity contribution in [3.63, 3.8) is 0 Å². The summed E-state index contributed by atoms with van der Waals surface area (Å²) in [6, 6.07) is 6.72. The molecular weight excluding hydrogens is 266 g/mol. The fourth-order valence-corrected chi connectivity index (χ4v) is 4.08. The first-order valence-electron chi connectivity index (χ1n) is 7.40. The Hall–Kier alpha value is -1.16. The van der Waals surface area contributed by atoms with Gasteiger partial charge in [-0.25, -0.2) is 4.98 Å². The van der Waals surface area contributed by atoms with E-state index >= 15 is 0 Å². The quantitative estimate of drug-likeness (QED) is 0.861. The van der Waals surface area contributed by atoms with Crippen LogP contribution < -0.4 is 5.73 Å². The highest BCUT2D eigenvalue weighted by Gasteiger charge is 2.28. The minimum Gasteiger partial charge on any atom is -0.399 e. The van der Waals surface area contributed by atoms with Gasteiger partial charge in [0.2, 0.25) is 0 Å². The molecule has 3 rings (SSSR count). The highest BCUT2D eigenvalue weighted by atomic mass is 32.2. The highest BCUT2D eigenvalue weighted by molar-refractivity contribution is 7.99. The Kier molecular flexibility index (Phi) is 3.67. The third kappa shape index (κ3) is 2.30. The zero-order valence-electron chi connectivity index (χ0n) is 12.5. The molecule has 1 heterocycles. The van der Waals surface area contributed by atoms with Crippen LogP contribution in [-0.2, 0) is 0 Å². The fourth-order valence-electron chi connectivity index (χ4n) is 3.29. The number of benzene rings is 1. The summed E-state index contributed by atoms with van der Waals surface area (Å²) in [7, 11) is 0. The van der Waals surface area contributed by atoms with Crippen LogP contribution in [0.2, 0.25) is 0 Å². The van der Waals surface area contributed by atoms with E-state index in [9.17, 15) is 0 Å². The van der Waals surface area contributed by atoms with Crippen molar-refractivity contribution in [2.45, 2.75) is 50.3 Å². The largest absolute Gasteiger partial charge is 0.399 e. The molecule has 20 heavy (non-hydrogen) atoms. The number of rotatable bonds is 3. The van der Waals surface area contributed by atoms with E-state index < -0.39 is 0 Å². The van der Waals surface area contributed by atoms with Crippen LogP contribution in [0.5, 0.6) is 0 Å². The van der Waals surface area contributed by atoms with Gasteiger partial charge in [0.15, 0.2) is 0 Å². The second-order valence-corrected chi connectivity index (χ2v) is 7.21. The summed E-state index contributed by atoms with van der Waals surface area (Å²) in [5.41, 5.74) is 8.99. The number of fused-ring (bicyclic) bond motifs is 1. The van der Waals surface area contributed by atoms with E-state index in [-0.39, 0.29) is 0 Å². The number of nitrogens with two attached hydrogens (primary N) is 1. The van der Waals surface area contributed by atoms with Crippen molar-refractivity contribution in [3.8, 4) is 0 Å². The van der Waals surface area contributed by atoms with E-state index in [2.05, 4.69) is 30.7 Å². The summed E-state index contributed by atoms with van der Waals surface area (Å²) in [6.07, 6.45) is 6.07. The van der Waals surface area contributed by atoms with Crippen molar-refractivity contribution >= 4 is 28.5 Å². The van der Waals surface area contributed by atoms with Gasteiger partial charge in [-0.2, -0.15) is 11.8 Å². The Morgan fingerprint density at radius 3 is 2.80 bits per heavy atom. The van der Waals surface area contributed by atoms with E-state index in [1.54, 1.807) is 0 Å². The molecule has 4 heteroatoms. The second-order valence-electron chi connectivity index (χ2n) is 6.07. The maximum Gasteiger partial charge on any atom is 0.112 e. The molecular formula is C16H23N3S. The molecule has 0 spiro atoms. The van der Waals surface area contributed by atoms with Crippen molar-refractivity contribution in [1.82, 2.24) is 9.55 Å². The van der Waals surface area contributed by atoms with Crippen LogP contribution in [0.25, 0.3) is 11.0 Å². The van der Waals surface area contributed by atoms with Gasteiger partial charge in [0.25, 0.3) is 0 Å². The van der Waals surface area contributed by atoms with E-state index in [0.29, 0.717) is 12.0 Å². The molecule has 0 saturated heterocycles. The first-order valence-corrected chi connectivity index (χ1v) is 8.69. The van der Waals surface area contributed by atoms with Crippen LogP contribution in [-0.4, -0.2) is 21.1 Å². The summed E-state index contributed by atoms with van der Waals surface area (Å²) in [5.74, 6) is 1.65. The molecule has 2 atom stereocenters. The summed E-state index contributed by atoms with van der Waals surface area (Å²) in [4.78, 5) is 4.84. The van der Waals surface area contributed by atoms with Crippen molar-refractivity contribution in [2.75, 3.05) is 12.0 Å². The van der Waals surface area contributed by atoms with E-state index in [0.717, 1.165) is 16.5 Å².